The van der Waals surface area contributed by atoms with E-state index < -0.39 is 0 Å². The van der Waals surface area contributed by atoms with Crippen molar-refractivity contribution >= 4 is 54.0 Å². The van der Waals surface area contributed by atoms with Crippen molar-refractivity contribution in [2.45, 2.75) is 31.1 Å². The molecule has 0 N–H and O–H groups in total. The Labute approximate surface area is 250 Å². The predicted molar refractivity (Wildman–Crippen MR) is 182 cm³/mol. The molecule has 10 rings (SSSR count). The summed E-state index contributed by atoms with van der Waals surface area (Å²) in [4.78, 5) is 5.69. The van der Waals surface area contributed by atoms with Gasteiger partial charge in [0, 0.05) is 16.3 Å². The maximum absolute atomic E-state index is 5.69. The molecule has 0 aliphatic heterocycles. The Kier molecular flexibility index (Phi) is 4.79. The Bertz CT molecular complexity index is 2440. The van der Waals surface area contributed by atoms with E-state index in [9.17, 15) is 0 Å². The fraction of sp³-hybridized carbons (Fsp3) is 0.119. The number of rotatable bonds is 2. The van der Waals surface area contributed by atoms with Gasteiger partial charge in [-0.1, -0.05) is 121 Å². The molecule has 7 aromatic carbocycles. The number of nitrogens with zero attached hydrogens (tertiary/aromatic N) is 1. The van der Waals surface area contributed by atoms with Gasteiger partial charge in [-0.2, -0.15) is 0 Å². The number of benzene rings is 7. The summed E-state index contributed by atoms with van der Waals surface area (Å²) in [6.07, 6.45) is 3.82. The first-order chi connectivity index (χ1) is 21.3. The lowest BCUT2D eigenvalue weighted by Crippen LogP contribution is -2.05. The van der Waals surface area contributed by atoms with E-state index >= 15 is 0 Å². The van der Waals surface area contributed by atoms with Crippen molar-refractivity contribution in [1.29, 1.82) is 0 Å². The van der Waals surface area contributed by atoms with Crippen LogP contribution in [0.15, 0.2) is 127 Å². The first kappa shape index (κ1) is 23.5. The molecule has 202 valence electrons. The van der Waals surface area contributed by atoms with Gasteiger partial charge in [-0.25, -0.2) is 4.98 Å². The van der Waals surface area contributed by atoms with Crippen molar-refractivity contribution in [1.82, 2.24) is 4.98 Å². The molecule has 2 aliphatic carbocycles. The molecule has 2 aliphatic rings. The van der Waals surface area contributed by atoms with E-state index in [0.29, 0.717) is 11.8 Å². The second kappa shape index (κ2) is 8.75. The van der Waals surface area contributed by atoms with E-state index in [2.05, 4.69) is 127 Å². The Morgan fingerprint density at radius 2 is 1.07 bits per heavy atom. The summed E-state index contributed by atoms with van der Waals surface area (Å²) in [5, 5.41) is 11.8. The van der Waals surface area contributed by atoms with E-state index in [0.717, 1.165) is 5.52 Å². The third-order valence-corrected chi connectivity index (χ3v) is 10.4. The number of aromatic nitrogens is 1. The number of hydrogen-bond acceptors (Lipinski definition) is 1. The van der Waals surface area contributed by atoms with Crippen LogP contribution in [0.4, 0.5) is 0 Å². The summed E-state index contributed by atoms with van der Waals surface area (Å²) in [6.45, 7) is 0. The van der Waals surface area contributed by atoms with Crippen LogP contribution in [-0.2, 0) is 0 Å². The number of hydrogen-bond donors (Lipinski definition) is 0. The maximum Gasteiger partial charge on any atom is 0.0797 e. The smallest absolute Gasteiger partial charge is 0.0797 e. The highest BCUT2D eigenvalue weighted by Gasteiger charge is 2.41. The predicted octanol–water partition coefficient (Wildman–Crippen LogP) is 11.5. The molecule has 0 spiro atoms. The van der Waals surface area contributed by atoms with Crippen molar-refractivity contribution in [2.75, 3.05) is 0 Å². The largest absolute Gasteiger partial charge is 0.247 e. The maximum atomic E-state index is 5.69. The molecule has 1 nitrogen and oxygen atoms in total. The highest BCUT2D eigenvalue weighted by Crippen LogP contribution is 2.59. The van der Waals surface area contributed by atoms with Crippen LogP contribution in [0.25, 0.3) is 76.4 Å². The molecule has 1 fully saturated rings. The highest BCUT2D eigenvalue weighted by atomic mass is 14.7. The van der Waals surface area contributed by atoms with Gasteiger partial charge < -0.3 is 0 Å². The molecule has 1 heteroatoms. The van der Waals surface area contributed by atoms with E-state index in [4.69, 9.17) is 4.98 Å². The second-order valence-corrected chi connectivity index (χ2v) is 12.6. The van der Waals surface area contributed by atoms with Crippen LogP contribution in [0.1, 0.15) is 42.2 Å². The Balaban J connectivity index is 1.34. The summed E-state index contributed by atoms with van der Waals surface area (Å²) in [5.41, 5.74) is 9.32. The van der Waals surface area contributed by atoms with Crippen molar-refractivity contribution in [2.24, 2.45) is 0 Å². The van der Waals surface area contributed by atoms with Gasteiger partial charge in [0.2, 0.25) is 0 Å². The van der Waals surface area contributed by atoms with E-state index in [1.165, 1.54) is 95.7 Å². The Hall–Kier alpha value is -5.01. The van der Waals surface area contributed by atoms with Crippen LogP contribution >= 0.6 is 0 Å². The standard InChI is InChI=1S/C42H29N/c1-3-13-30-25(9-1)11-7-17-32(30)27-21-22-34-37(24-27)33-15-5-6-16-36(33)42-40(34)38-28-19-20-29(23-28)39(38)41(43-42)35-18-8-12-26-10-2-4-14-31(26)35/h1-18,21-22,24,28-29H,19-20,23H2. The second-order valence-electron chi connectivity index (χ2n) is 12.6. The molecule has 0 amide bonds. The summed E-state index contributed by atoms with van der Waals surface area (Å²) in [7, 11) is 0. The van der Waals surface area contributed by atoms with Crippen molar-refractivity contribution in [3.8, 4) is 22.4 Å². The van der Waals surface area contributed by atoms with Crippen LogP contribution in [-0.4, -0.2) is 4.98 Å². The molecule has 1 heterocycles. The van der Waals surface area contributed by atoms with Gasteiger partial charge in [0.15, 0.2) is 0 Å². The lowest BCUT2D eigenvalue weighted by Gasteiger charge is -2.24. The normalized spacial score (nSPS) is 17.5. The third kappa shape index (κ3) is 3.25. The molecular formula is C42H29N. The van der Waals surface area contributed by atoms with Crippen LogP contribution in [0.2, 0.25) is 0 Å². The molecule has 8 aromatic rings. The van der Waals surface area contributed by atoms with Gasteiger partial charge in [0.25, 0.3) is 0 Å². The summed E-state index contributed by atoms with van der Waals surface area (Å²) in [6, 6.07) is 47.0. The molecule has 0 saturated heterocycles. The summed E-state index contributed by atoms with van der Waals surface area (Å²) in [5.74, 6) is 1.21. The van der Waals surface area contributed by atoms with Gasteiger partial charge >= 0.3 is 0 Å². The van der Waals surface area contributed by atoms with Gasteiger partial charge in [-0.05, 0) is 97.1 Å². The number of fused-ring (bicyclic) bond motifs is 14. The molecule has 43 heavy (non-hydrogen) atoms. The van der Waals surface area contributed by atoms with Gasteiger partial charge in [-0.15, -0.1) is 0 Å². The molecule has 0 radical (unpaired) electrons. The zero-order chi connectivity index (χ0) is 28.1. The minimum atomic E-state index is 0.599. The fourth-order valence-electron chi connectivity index (χ4n) is 8.62. The van der Waals surface area contributed by atoms with Crippen LogP contribution in [0.5, 0.6) is 0 Å². The van der Waals surface area contributed by atoms with Gasteiger partial charge in [-0.3, -0.25) is 0 Å². The first-order valence-corrected chi connectivity index (χ1v) is 15.6. The quantitative estimate of drug-likeness (QED) is 0.196. The lowest BCUT2D eigenvalue weighted by atomic mass is 9.82. The van der Waals surface area contributed by atoms with Crippen molar-refractivity contribution in [3.63, 3.8) is 0 Å². The fourth-order valence-corrected chi connectivity index (χ4v) is 8.62. The SMILES string of the molecule is c1ccc2c(-c3ccc4c(c3)c3ccccc3c3nc(-c5cccc6ccccc56)c5c(c43)C3CCC5C3)cccc2c1. The first-order valence-electron chi connectivity index (χ1n) is 15.6. The number of pyridine rings is 1. The zero-order valence-electron chi connectivity index (χ0n) is 23.8. The summed E-state index contributed by atoms with van der Waals surface area (Å²) >= 11 is 0. The molecule has 2 atom stereocenters. The van der Waals surface area contributed by atoms with Crippen LogP contribution in [0.3, 0.4) is 0 Å². The highest BCUT2D eigenvalue weighted by molar-refractivity contribution is 6.26. The summed E-state index contributed by atoms with van der Waals surface area (Å²) < 4.78 is 0. The zero-order valence-corrected chi connectivity index (χ0v) is 23.8. The Morgan fingerprint density at radius 1 is 0.465 bits per heavy atom. The molecule has 1 aromatic heterocycles. The minimum absolute atomic E-state index is 0.599. The molecule has 2 bridgehead atoms. The van der Waals surface area contributed by atoms with Gasteiger partial charge in [0.1, 0.15) is 0 Å². The molecular weight excluding hydrogens is 518 g/mol. The molecule has 2 unspecified atom stereocenters. The topological polar surface area (TPSA) is 12.9 Å². The van der Waals surface area contributed by atoms with E-state index in [1.54, 1.807) is 5.56 Å². The van der Waals surface area contributed by atoms with Crippen LogP contribution < -0.4 is 0 Å². The average Bonchev–Trinajstić information content (AvgIpc) is 3.70. The molecule has 1 saturated carbocycles. The van der Waals surface area contributed by atoms with E-state index in [-0.39, 0.29) is 0 Å². The van der Waals surface area contributed by atoms with E-state index in [1.807, 2.05) is 0 Å². The lowest BCUT2D eigenvalue weighted by molar-refractivity contribution is 0.721. The van der Waals surface area contributed by atoms with Crippen LogP contribution in [0, 0.1) is 0 Å². The minimum Gasteiger partial charge on any atom is -0.247 e. The van der Waals surface area contributed by atoms with Crippen molar-refractivity contribution in [3.05, 3.63) is 139 Å². The average molecular weight is 548 g/mol. The third-order valence-electron chi connectivity index (χ3n) is 10.4. The Morgan fingerprint density at radius 3 is 1.84 bits per heavy atom. The van der Waals surface area contributed by atoms with Crippen molar-refractivity contribution < 1.29 is 0 Å². The van der Waals surface area contributed by atoms with Gasteiger partial charge in [0.05, 0.1) is 11.2 Å². The monoisotopic (exact) mass is 547 g/mol.